The van der Waals surface area contributed by atoms with E-state index in [-0.39, 0.29) is 24.4 Å². The first-order valence-electron chi connectivity index (χ1n) is 7.86. The predicted molar refractivity (Wildman–Crippen MR) is 89.3 cm³/mol. The fourth-order valence-corrected chi connectivity index (χ4v) is 2.72. The Balaban J connectivity index is 3.16. The van der Waals surface area contributed by atoms with Crippen molar-refractivity contribution in [2.75, 3.05) is 0 Å². The van der Waals surface area contributed by atoms with E-state index in [1.165, 1.54) is 6.92 Å². The molecule has 1 aliphatic carbocycles. The molecule has 0 spiro atoms. The summed E-state index contributed by atoms with van der Waals surface area (Å²) in [6, 6.07) is -0.997. The highest BCUT2D eigenvalue weighted by Gasteiger charge is 2.38. The summed E-state index contributed by atoms with van der Waals surface area (Å²) in [5.41, 5.74) is 11.3. The molecule has 0 radical (unpaired) electrons. The molecule has 3 atom stereocenters. The number of guanidine groups is 1. The summed E-state index contributed by atoms with van der Waals surface area (Å²) in [4.78, 5) is 15.7. The number of nitrogens with zero attached hydrogens (tertiary/aromatic N) is 1. The van der Waals surface area contributed by atoms with Crippen molar-refractivity contribution >= 4 is 19.0 Å². The first-order valence-corrected chi connectivity index (χ1v) is 7.86. The van der Waals surface area contributed by atoms with Crippen molar-refractivity contribution < 1.29 is 19.6 Å². The second-order valence-electron chi connectivity index (χ2n) is 5.71. The van der Waals surface area contributed by atoms with Crippen LogP contribution in [0.4, 0.5) is 0 Å². The molecule has 0 saturated heterocycles. The molecule has 7 N–H and O–H groups in total. The van der Waals surface area contributed by atoms with Gasteiger partial charge in [-0.3, -0.25) is 4.79 Å². The Kier molecular flexibility index (Phi) is 7.54. The molecular weight excluding hydrogens is 299 g/mol. The van der Waals surface area contributed by atoms with Crippen LogP contribution in [0.2, 0.25) is 0 Å². The van der Waals surface area contributed by atoms with Crippen LogP contribution in [0.3, 0.4) is 0 Å². The van der Waals surface area contributed by atoms with Gasteiger partial charge < -0.3 is 31.6 Å². The highest BCUT2D eigenvalue weighted by molar-refractivity contribution is 6.50. The van der Waals surface area contributed by atoms with Gasteiger partial charge in [0.25, 0.3) is 0 Å². The third-order valence-corrected chi connectivity index (χ3v) is 3.87. The van der Waals surface area contributed by atoms with Crippen molar-refractivity contribution in [3.63, 3.8) is 0 Å². The molecule has 1 amide bonds. The van der Waals surface area contributed by atoms with Crippen molar-refractivity contribution in [2.45, 2.75) is 64.3 Å². The first kappa shape index (κ1) is 19.5. The number of carbonyl (C=O) groups excluding carboxylic acids is 1. The van der Waals surface area contributed by atoms with Crippen molar-refractivity contribution in [2.24, 2.45) is 16.5 Å². The van der Waals surface area contributed by atoms with E-state index in [1.807, 2.05) is 13.8 Å². The first-order chi connectivity index (χ1) is 10.8. The van der Waals surface area contributed by atoms with E-state index >= 15 is 0 Å². The predicted octanol–water partition coefficient (Wildman–Crippen LogP) is -0.951. The number of carbonyl (C=O) groups is 1. The van der Waals surface area contributed by atoms with E-state index in [9.17, 15) is 14.8 Å². The lowest BCUT2D eigenvalue weighted by Crippen LogP contribution is -2.54. The van der Waals surface area contributed by atoms with Crippen molar-refractivity contribution in [1.29, 1.82) is 0 Å². The smallest absolute Gasteiger partial charge is 0.423 e. The summed E-state index contributed by atoms with van der Waals surface area (Å²) >= 11 is 0. The van der Waals surface area contributed by atoms with Gasteiger partial charge >= 0.3 is 7.12 Å². The SMILES string of the molecule is CCC(CC)O[C@@H]1C=C(B(O)O)C[C@H](N=C(N)N)[C@H]1NC(C)=O. The van der Waals surface area contributed by atoms with Crippen LogP contribution in [0.5, 0.6) is 0 Å². The van der Waals surface area contributed by atoms with Gasteiger partial charge in [0.1, 0.15) is 0 Å². The van der Waals surface area contributed by atoms with E-state index in [0.29, 0.717) is 5.47 Å². The summed E-state index contributed by atoms with van der Waals surface area (Å²) < 4.78 is 6.03. The lowest BCUT2D eigenvalue weighted by molar-refractivity contribution is -0.121. The Hall–Kier alpha value is -1.58. The lowest BCUT2D eigenvalue weighted by atomic mass is 9.70. The fraction of sp³-hybridized carbons (Fsp3) is 0.714. The molecule has 1 aliphatic rings. The Labute approximate surface area is 137 Å². The third-order valence-electron chi connectivity index (χ3n) is 3.87. The molecule has 9 heteroatoms. The van der Waals surface area contributed by atoms with Crippen molar-refractivity contribution in [3.05, 3.63) is 11.5 Å². The van der Waals surface area contributed by atoms with E-state index < -0.39 is 25.3 Å². The Morgan fingerprint density at radius 2 is 2.09 bits per heavy atom. The minimum absolute atomic E-state index is 0.0115. The minimum atomic E-state index is -1.61. The maximum atomic E-state index is 11.5. The van der Waals surface area contributed by atoms with Crippen LogP contribution in [-0.4, -0.2) is 53.3 Å². The molecule has 130 valence electrons. The van der Waals surface area contributed by atoms with Crippen molar-refractivity contribution in [1.82, 2.24) is 5.32 Å². The molecule has 0 aromatic heterocycles. The maximum Gasteiger partial charge on any atom is 0.483 e. The van der Waals surface area contributed by atoms with Crippen LogP contribution in [-0.2, 0) is 9.53 Å². The summed E-state index contributed by atoms with van der Waals surface area (Å²) in [5.74, 6) is -0.356. The van der Waals surface area contributed by atoms with Gasteiger partial charge in [-0.2, -0.15) is 0 Å². The average Bonchev–Trinajstić information content (AvgIpc) is 2.46. The molecule has 0 aromatic carbocycles. The van der Waals surface area contributed by atoms with E-state index in [1.54, 1.807) is 6.08 Å². The molecule has 0 heterocycles. The van der Waals surface area contributed by atoms with Gasteiger partial charge in [-0.1, -0.05) is 19.9 Å². The van der Waals surface area contributed by atoms with Crippen LogP contribution in [0, 0.1) is 0 Å². The summed E-state index contributed by atoms with van der Waals surface area (Å²) in [7, 11) is -1.61. The summed E-state index contributed by atoms with van der Waals surface area (Å²) in [6.45, 7) is 5.41. The van der Waals surface area contributed by atoms with E-state index in [0.717, 1.165) is 12.8 Å². The van der Waals surface area contributed by atoms with Gasteiger partial charge in [0.05, 0.1) is 24.3 Å². The number of nitrogens with one attached hydrogen (secondary N) is 1. The number of hydrogen-bond donors (Lipinski definition) is 5. The highest BCUT2D eigenvalue weighted by Crippen LogP contribution is 2.26. The monoisotopic (exact) mass is 326 g/mol. The molecule has 0 saturated carbocycles. The van der Waals surface area contributed by atoms with Gasteiger partial charge in [-0.25, -0.2) is 4.99 Å². The molecule has 1 rings (SSSR count). The number of rotatable bonds is 7. The van der Waals surface area contributed by atoms with Crippen molar-refractivity contribution in [3.8, 4) is 0 Å². The zero-order chi connectivity index (χ0) is 17.6. The number of nitrogens with two attached hydrogens (primary N) is 2. The van der Waals surface area contributed by atoms with Gasteiger partial charge in [-0.15, -0.1) is 0 Å². The molecule has 0 unspecified atom stereocenters. The Morgan fingerprint density at radius 1 is 1.48 bits per heavy atom. The summed E-state index contributed by atoms with van der Waals surface area (Å²) in [6.07, 6.45) is 2.92. The van der Waals surface area contributed by atoms with Gasteiger partial charge in [0.15, 0.2) is 5.96 Å². The summed E-state index contributed by atoms with van der Waals surface area (Å²) in [5, 5.41) is 21.8. The zero-order valence-electron chi connectivity index (χ0n) is 13.9. The van der Waals surface area contributed by atoms with E-state index in [2.05, 4.69) is 10.3 Å². The van der Waals surface area contributed by atoms with Gasteiger partial charge in [-0.05, 0) is 24.7 Å². The van der Waals surface area contributed by atoms with Crippen LogP contribution < -0.4 is 16.8 Å². The normalized spacial score (nSPS) is 24.1. The standard InChI is InChI=1S/C14H27BN4O4/c1-4-10(5-2)23-12-7-9(15(21)22)6-11(19-14(16)17)13(12)18-8(3)20/h7,10-13,21-22H,4-6H2,1-3H3,(H,18,20)(H4,16,17,19)/t11-,12+,13+/m0/s1. The number of aliphatic imine (C=N–C) groups is 1. The largest absolute Gasteiger partial charge is 0.483 e. The van der Waals surface area contributed by atoms with Crippen LogP contribution in [0.1, 0.15) is 40.0 Å². The maximum absolute atomic E-state index is 11.5. The molecule has 8 nitrogen and oxygen atoms in total. The topological polar surface area (TPSA) is 143 Å². The second-order valence-corrected chi connectivity index (χ2v) is 5.71. The Bertz CT molecular complexity index is 462. The third kappa shape index (κ3) is 5.85. The number of hydrogen-bond acceptors (Lipinski definition) is 5. The second kappa shape index (κ2) is 8.90. The van der Waals surface area contributed by atoms with Crippen LogP contribution in [0.25, 0.3) is 0 Å². The number of amides is 1. The molecule has 0 aliphatic heterocycles. The molecule has 23 heavy (non-hydrogen) atoms. The van der Waals surface area contributed by atoms with Gasteiger partial charge in [0.2, 0.25) is 5.91 Å². The molecule has 0 aromatic rings. The van der Waals surface area contributed by atoms with Gasteiger partial charge in [0, 0.05) is 6.92 Å². The highest BCUT2D eigenvalue weighted by atomic mass is 16.5. The molecular formula is C14H27BN4O4. The average molecular weight is 326 g/mol. The zero-order valence-corrected chi connectivity index (χ0v) is 13.9. The molecule has 0 bridgehead atoms. The Morgan fingerprint density at radius 3 is 2.52 bits per heavy atom. The fourth-order valence-electron chi connectivity index (χ4n) is 2.72. The van der Waals surface area contributed by atoms with Crippen LogP contribution in [0.15, 0.2) is 16.5 Å². The molecule has 0 fully saturated rings. The lowest BCUT2D eigenvalue weighted by Gasteiger charge is -2.37. The quantitative estimate of drug-likeness (QED) is 0.232. The minimum Gasteiger partial charge on any atom is -0.423 e. The number of ether oxygens (including phenoxy) is 1. The van der Waals surface area contributed by atoms with E-state index in [4.69, 9.17) is 16.2 Å². The van der Waals surface area contributed by atoms with Crippen LogP contribution >= 0.6 is 0 Å².